The van der Waals surface area contributed by atoms with Crippen molar-refractivity contribution in [3.63, 3.8) is 0 Å². The van der Waals surface area contributed by atoms with E-state index in [4.69, 9.17) is 21.4 Å². The number of aliphatic hydroxyl groups excluding tert-OH is 2. The highest BCUT2D eigenvalue weighted by atomic mass is 35.5. The number of aromatic nitrogens is 4. The predicted octanol–water partition coefficient (Wildman–Crippen LogP) is -1.17. The minimum absolute atomic E-state index is 0.0142. The van der Waals surface area contributed by atoms with Crippen LogP contribution in [0.15, 0.2) is 24.5 Å². The Hall–Kier alpha value is -3.33. The van der Waals surface area contributed by atoms with Crippen LogP contribution in [0.5, 0.6) is 0 Å². The van der Waals surface area contributed by atoms with Crippen LogP contribution in [0, 0.1) is 0 Å². The number of likely N-dealkylation sites (tertiary alicyclic amines) is 1. The number of benzene rings is 1. The summed E-state index contributed by atoms with van der Waals surface area (Å²) in [6, 6.07) is 3.97. The number of rotatable bonds is 6. The molecule has 15 heteroatoms. The van der Waals surface area contributed by atoms with Crippen LogP contribution in [0.2, 0.25) is 5.02 Å². The van der Waals surface area contributed by atoms with Crippen molar-refractivity contribution in [1.29, 1.82) is 0 Å². The zero-order chi connectivity index (χ0) is 23.8. The second kappa shape index (κ2) is 11.5. The van der Waals surface area contributed by atoms with Gasteiger partial charge in [0.15, 0.2) is 0 Å². The summed E-state index contributed by atoms with van der Waals surface area (Å²) in [5.41, 5.74) is 4.83. The maximum absolute atomic E-state index is 12.3. The Bertz CT molecular complexity index is 967. The second-order valence-electron chi connectivity index (χ2n) is 7.11. The number of hydrogen-bond acceptors (Lipinski definition) is 9. The number of carbonyl (C=O) groups is 3. The van der Waals surface area contributed by atoms with Gasteiger partial charge >= 0.3 is 17.8 Å². The van der Waals surface area contributed by atoms with E-state index in [1.54, 1.807) is 12.1 Å². The lowest BCUT2D eigenvalue weighted by atomic mass is 10.1. The Morgan fingerprint density at radius 2 is 1.97 bits per heavy atom. The van der Waals surface area contributed by atoms with Crippen LogP contribution in [0.4, 0.5) is 10.5 Å². The normalized spacial score (nSPS) is 15.1. The first-order valence-corrected chi connectivity index (χ1v) is 10.3. The second-order valence-corrected chi connectivity index (χ2v) is 7.55. The number of piperidine rings is 1. The molecule has 1 aliphatic heterocycles. The van der Waals surface area contributed by atoms with Crippen molar-refractivity contribution in [3.8, 4) is 5.69 Å². The molecule has 0 unspecified atom stereocenters. The van der Waals surface area contributed by atoms with Gasteiger partial charge in [-0.2, -0.15) is 4.68 Å². The third kappa shape index (κ3) is 6.82. The van der Waals surface area contributed by atoms with Crippen LogP contribution in [0.3, 0.4) is 0 Å². The Morgan fingerprint density at radius 1 is 1.21 bits per heavy atom. The molecule has 14 nitrogen and oxygen atoms in total. The summed E-state index contributed by atoms with van der Waals surface area (Å²) in [7, 11) is 0. The van der Waals surface area contributed by atoms with Crippen molar-refractivity contribution < 1.29 is 29.3 Å². The molecule has 1 fully saturated rings. The van der Waals surface area contributed by atoms with Gasteiger partial charge in [0.1, 0.15) is 12.4 Å². The monoisotopic (exact) mass is 482 g/mol. The number of hydrogen-bond donors (Lipinski definition) is 5. The van der Waals surface area contributed by atoms with Crippen LogP contribution in [0.25, 0.3) is 5.69 Å². The topological polar surface area (TPSA) is 184 Å². The largest absolute Gasteiger partial charge is 0.394 e. The molecule has 5 N–H and O–H groups in total. The smallest absolute Gasteiger partial charge is 0.336 e. The predicted molar refractivity (Wildman–Crippen MR) is 113 cm³/mol. The molecule has 33 heavy (non-hydrogen) atoms. The van der Waals surface area contributed by atoms with Gasteiger partial charge in [-0.15, -0.1) is 5.10 Å². The third-order valence-corrected chi connectivity index (χ3v) is 4.99. The average molecular weight is 483 g/mol. The van der Waals surface area contributed by atoms with E-state index < -0.39 is 23.9 Å². The van der Waals surface area contributed by atoms with Gasteiger partial charge in [-0.3, -0.25) is 15.0 Å². The Balaban J connectivity index is 1.46. The molecule has 0 bridgehead atoms. The number of hydrazine groups is 1. The van der Waals surface area contributed by atoms with E-state index in [9.17, 15) is 19.5 Å². The first-order chi connectivity index (χ1) is 15.9. The molecule has 0 spiro atoms. The van der Waals surface area contributed by atoms with Crippen LogP contribution < -0.4 is 16.2 Å². The van der Waals surface area contributed by atoms with Gasteiger partial charge in [0, 0.05) is 18.1 Å². The molecule has 0 radical (unpaired) electrons. The quantitative estimate of drug-likeness (QED) is 0.250. The van der Waals surface area contributed by atoms with E-state index in [1.807, 2.05) is 0 Å². The van der Waals surface area contributed by atoms with Crippen molar-refractivity contribution in [2.75, 3.05) is 31.6 Å². The van der Waals surface area contributed by atoms with Crippen molar-refractivity contribution in [2.24, 2.45) is 0 Å². The standard InChI is InChI=1S/C18H23ClN8O6/c19-11-1-2-15(27-10-20-24-25-27)14(7-11)21-16(30)17(31)22-23-18(32)26-5-3-13(4-6-26)33-9-12(29)8-28/h1-2,7,10,12-13,28-29H,3-6,8-9H2,(H,21,30)(H,22,31)(H,23,32)/t12-/m1/s1. The number of urea groups is 1. The number of ether oxygens (including phenoxy) is 1. The molecular weight excluding hydrogens is 460 g/mol. The number of nitrogens with one attached hydrogen (secondary N) is 3. The summed E-state index contributed by atoms with van der Waals surface area (Å²) >= 11 is 5.98. The maximum Gasteiger partial charge on any atom is 0.336 e. The van der Waals surface area contributed by atoms with Gasteiger partial charge in [0.25, 0.3) is 0 Å². The van der Waals surface area contributed by atoms with Crippen molar-refractivity contribution in [1.82, 2.24) is 36.0 Å². The summed E-state index contributed by atoms with van der Waals surface area (Å²) < 4.78 is 6.76. The molecule has 2 aromatic rings. The molecule has 1 aliphatic rings. The number of aliphatic hydroxyl groups is 2. The van der Waals surface area contributed by atoms with Gasteiger partial charge in [-0.05, 0) is 41.5 Å². The van der Waals surface area contributed by atoms with Crippen LogP contribution in [-0.2, 0) is 14.3 Å². The Kier molecular flexibility index (Phi) is 8.48. The number of amides is 4. The lowest BCUT2D eigenvalue weighted by Crippen LogP contribution is -2.53. The summed E-state index contributed by atoms with van der Waals surface area (Å²) in [5, 5.41) is 31.6. The van der Waals surface area contributed by atoms with Gasteiger partial charge < -0.3 is 25.2 Å². The fraction of sp³-hybridized carbons (Fsp3) is 0.444. The third-order valence-electron chi connectivity index (χ3n) is 4.76. The first-order valence-electron chi connectivity index (χ1n) is 9.97. The van der Waals surface area contributed by atoms with E-state index in [0.717, 1.165) is 0 Å². The molecule has 1 atom stereocenters. The van der Waals surface area contributed by atoms with E-state index in [1.165, 1.54) is 22.0 Å². The minimum Gasteiger partial charge on any atom is -0.394 e. The number of halogens is 1. The molecule has 0 saturated carbocycles. The zero-order valence-corrected chi connectivity index (χ0v) is 18.1. The van der Waals surface area contributed by atoms with Crippen LogP contribution in [0.1, 0.15) is 12.8 Å². The Labute approximate surface area is 192 Å². The van der Waals surface area contributed by atoms with Crippen molar-refractivity contribution >= 4 is 35.1 Å². The van der Waals surface area contributed by atoms with Crippen LogP contribution in [-0.4, -0.2) is 91.7 Å². The van der Waals surface area contributed by atoms with Crippen LogP contribution >= 0.6 is 11.6 Å². The van der Waals surface area contributed by atoms with Gasteiger partial charge in [0.2, 0.25) is 0 Å². The SMILES string of the molecule is O=C(NNC(=O)N1CCC(OC[C@H](O)CO)CC1)C(=O)Nc1cc(Cl)ccc1-n1cnnn1. The zero-order valence-electron chi connectivity index (χ0n) is 17.3. The lowest BCUT2D eigenvalue weighted by molar-refractivity contribution is -0.136. The van der Waals surface area contributed by atoms with E-state index in [0.29, 0.717) is 36.6 Å². The molecule has 0 aliphatic carbocycles. The van der Waals surface area contributed by atoms with E-state index >= 15 is 0 Å². The summed E-state index contributed by atoms with van der Waals surface area (Å²) in [4.78, 5) is 38.1. The molecule has 3 rings (SSSR count). The van der Waals surface area contributed by atoms with Gasteiger partial charge in [-0.25, -0.2) is 10.2 Å². The van der Waals surface area contributed by atoms with Crippen molar-refractivity contribution in [3.05, 3.63) is 29.5 Å². The first kappa shape index (κ1) is 24.3. The molecule has 1 aromatic heterocycles. The highest BCUT2D eigenvalue weighted by molar-refractivity contribution is 6.40. The van der Waals surface area contributed by atoms with Gasteiger partial charge in [-0.1, -0.05) is 11.6 Å². The Morgan fingerprint density at radius 3 is 2.64 bits per heavy atom. The minimum atomic E-state index is -1.10. The molecule has 1 aromatic carbocycles. The number of nitrogens with zero attached hydrogens (tertiary/aromatic N) is 5. The average Bonchev–Trinajstić information content (AvgIpc) is 3.35. The number of tetrazole rings is 1. The number of carbonyl (C=O) groups excluding carboxylic acids is 3. The summed E-state index contributed by atoms with van der Waals surface area (Å²) in [5.74, 6) is -2.14. The summed E-state index contributed by atoms with van der Waals surface area (Å²) in [6.07, 6.45) is 1.26. The van der Waals surface area contributed by atoms with E-state index in [2.05, 4.69) is 31.7 Å². The highest BCUT2D eigenvalue weighted by Gasteiger charge is 2.25. The fourth-order valence-corrected chi connectivity index (χ4v) is 3.20. The highest BCUT2D eigenvalue weighted by Crippen LogP contribution is 2.23. The molecule has 1 saturated heterocycles. The lowest BCUT2D eigenvalue weighted by Gasteiger charge is -2.32. The summed E-state index contributed by atoms with van der Waals surface area (Å²) in [6.45, 7) is 0.336. The number of anilines is 1. The maximum atomic E-state index is 12.3. The fourth-order valence-electron chi connectivity index (χ4n) is 3.03. The van der Waals surface area contributed by atoms with E-state index in [-0.39, 0.29) is 25.0 Å². The van der Waals surface area contributed by atoms with Crippen molar-refractivity contribution in [2.45, 2.75) is 25.0 Å². The molecule has 178 valence electrons. The molecule has 4 amide bonds. The molecule has 2 heterocycles. The molecular formula is C18H23ClN8O6. The van der Waals surface area contributed by atoms with Gasteiger partial charge in [0.05, 0.1) is 30.7 Å².